The molecule has 0 spiro atoms. The first-order valence-corrected chi connectivity index (χ1v) is 5.79. The van der Waals surface area contributed by atoms with E-state index in [0.29, 0.717) is 11.3 Å². The molecule has 0 saturated carbocycles. The van der Waals surface area contributed by atoms with Crippen molar-refractivity contribution in [3.05, 3.63) is 52.5 Å². The largest absolute Gasteiger partial charge is 0.321 e. The molecule has 0 radical (unpaired) electrons. The quantitative estimate of drug-likeness (QED) is 0.926. The average molecular weight is 292 g/mol. The van der Waals surface area contributed by atoms with E-state index in [2.05, 4.69) is 31.2 Å². The lowest BCUT2D eigenvalue weighted by Crippen LogP contribution is -2.12. The maximum Gasteiger partial charge on any atom is 0.257 e. The van der Waals surface area contributed by atoms with Crippen LogP contribution in [0.5, 0.6) is 0 Å². The summed E-state index contributed by atoms with van der Waals surface area (Å²) in [5.74, 6) is -0.190. The van der Waals surface area contributed by atoms with E-state index in [0.717, 1.165) is 10.2 Å². The molecular weight excluding hydrogens is 282 g/mol. The van der Waals surface area contributed by atoms with Gasteiger partial charge in [0.15, 0.2) is 0 Å². The number of amides is 1. The van der Waals surface area contributed by atoms with Crippen molar-refractivity contribution in [2.45, 2.75) is 6.92 Å². The topological polar surface area (TPSA) is 54.9 Å². The van der Waals surface area contributed by atoms with Crippen molar-refractivity contribution in [3.63, 3.8) is 0 Å². The summed E-state index contributed by atoms with van der Waals surface area (Å²) in [6, 6.07) is 5.27. The lowest BCUT2D eigenvalue weighted by atomic mass is 10.2. The van der Waals surface area contributed by atoms with Crippen LogP contribution in [0.3, 0.4) is 0 Å². The summed E-state index contributed by atoms with van der Waals surface area (Å²) in [5.41, 5.74) is 2.09. The Kier molecular flexibility index (Phi) is 3.49. The predicted molar refractivity (Wildman–Crippen MR) is 68.9 cm³/mol. The molecule has 2 aromatic heterocycles. The summed E-state index contributed by atoms with van der Waals surface area (Å²) in [6.07, 6.45) is 4.80. The van der Waals surface area contributed by atoms with Crippen LogP contribution < -0.4 is 5.32 Å². The summed E-state index contributed by atoms with van der Waals surface area (Å²) < 4.78 is 0.744. The Bertz CT molecular complexity index is 540. The summed E-state index contributed by atoms with van der Waals surface area (Å²) in [6.45, 7) is 1.88. The Labute approximate surface area is 107 Å². The van der Waals surface area contributed by atoms with Crippen LogP contribution in [0.2, 0.25) is 0 Å². The number of anilines is 1. The summed E-state index contributed by atoms with van der Waals surface area (Å²) in [4.78, 5) is 19.9. The number of pyridine rings is 2. The molecule has 17 heavy (non-hydrogen) atoms. The van der Waals surface area contributed by atoms with Crippen LogP contribution in [0.1, 0.15) is 16.1 Å². The van der Waals surface area contributed by atoms with Crippen molar-refractivity contribution in [1.82, 2.24) is 9.97 Å². The minimum Gasteiger partial charge on any atom is -0.321 e. The number of carbonyl (C=O) groups is 1. The number of hydrogen-bond donors (Lipinski definition) is 1. The highest BCUT2D eigenvalue weighted by molar-refractivity contribution is 9.10. The first-order valence-electron chi connectivity index (χ1n) is 5.00. The number of nitrogens with one attached hydrogen (secondary N) is 1. The first kappa shape index (κ1) is 11.7. The van der Waals surface area contributed by atoms with Crippen LogP contribution in [0.15, 0.2) is 41.3 Å². The smallest absolute Gasteiger partial charge is 0.257 e. The van der Waals surface area contributed by atoms with Gasteiger partial charge in [0.2, 0.25) is 0 Å². The molecular formula is C12H10BrN3O. The minimum absolute atomic E-state index is 0.190. The Hall–Kier alpha value is -1.75. The standard InChI is InChI=1S/C12H10BrN3O/c1-8-2-3-9(6-15-8)12(17)16-11-4-5-14-7-10(11)13/h2-7H,1H3,(H,14,16,17). The second-order valence-corrected chi connectivity index (χ2v) is 4.35. The molecule has 0 aliphatic carbocycles. The zero-order valence-electron chi connectivity index (χ0n) is 9.14. The van der Waals surface area contributed by atoms with Crippen molar-refractivity contribution in [2.75, 3.05) is 5.32 Å². The highest BCUT2D eigenvalue weighted by Gasteiger charge is 2.07. The van der Waals surface area contributed by atoms with Gasteiger partial charge in [-0.15, -0.1) is 0 Å². The molecule has 1 amide bonds. The van der Waals surface area contributed by atoms with E-state index in [-0.39, 0.29) is 5.91 Å². The third kappa shape index (κ3) is 2.88. The van der Waals surface area contributed by atoms with Gasteiger partial charge in [0.25, 0.3) is 5.91 Å². The van der Waals surface area contributed by atoms with E-state index in [1.165, 1.54) is 0 Å². The average Bonchev–Trinajstić information content (AvgIpc) is 2.33. The normalized spacial score (nSPS) is 10.0. The fraction of sp³-hybridized carbons (Fsp3) is 0.0833. The lowest BCUT2D eigenvalue weighted by molar-refractivity contribution is 0.102. The van der Waals surface area contributed by atoms with E-state index in [1.807, 2.05) is 6.92 Å². The minimum atomic E-state index is -0.190. The Balaban J connectivity index is 2.17. The number of aromatic nitrogens is 2. The molecule has 86 valence electrons. The van der Waals surface area contributed by atoms with Gasteiger partial charge in [-0.3, -0.25) is 14.8 Å². The van der Waals surface area contributed by atoms with Crippen molar-refractivity contribution in [3.8, 4) is 0 Å². The maximum absolute atomic E-state index is 11.9. The highest BCUT2D eigenvalue weighted by atomic mass is 79.9. The van der Waals surface area contributed by atoms with Crippen molar-refractivity contribution in [2.24, 2.45) is 0 Å². The van der Waals surface area contributed by atoms with E-state index in [4.69, 9.17) is 0 Å². The Morgan fingerprint density at radius 1 is 1.29 bits per heavy atom. The molecule has 2 heterocycles. The maximum atomic E-state index is 11.9. The van der Waals surface area contributed by atoms with Gasteiger partial charge >= 0.3 is 0 Å². The first-order chi connectivity index (χ1) is 8.16. The van der Waals surface area contributed by atoms with Crippen LogP contribution in [0, 0.1) is 6.92 Å². The predicted octanol–water partition coefficient (Wildman–Crippen LogP) is 2.80. The van der Waals surface area contributed by atoms with Gasteiger partial charge < -0.3 is 5.32 Å². The fourth-order valence-electron chi connectivity index (χ4n) is 1.27. The SMILES string of the molecule is Cc1ccc(C(=O)Nc2ccncc2Br)cn1. The number of carbonyl (C=O) groups excluding carboxylic acids is 1. The summed E-state index contributed by atoms with van der Waals surface area (Å²) >= 11 is 3.32. The molecule has 0 atom stereocenters. The fourth-order valence-corrected chi connectivity index (χ4v) is 1.62. The molecule has 4 nitrogen and oxygen atoms in total. The van der Waals surface area contributed by atoms with E-state index >= 15 is 0 Å². The Morgan fingerprint density at radius 3 is 2.76 bits per heavy atom. The molecule has 0 unspecified atom stereocenters. The molecule has 0 bridgehead atoms. The Morgan fingerprint density at radius 2 is 2.12 bits per heavy atom. The van der Waals surface area contributed by atoms with Gasteiger partial charge in [0, 0.05) is 24.3 Å². The van der Waals surface area contributed by atoms with Crippen LogP contribution in [0.25, 0.3) is 0 Å². The molecule has 2 rings (SSSR count). The molecule has 5 heteroatoms. The van der Waals surface area contributed by atoms with Gasteiger partial charge in [-0.2, -0.15) is 0 Å². The summed E-state index contributed by atoms with van der Waals surface area (Å²) in [5, 5.41) is 2.78. The second kappa shape index (κ2) is 5.05. The number of aryl methyl sites for hydroxylation is 1. The third-order valence-corrected chi connectivity index (χ3v) is 2.83. The van der Waals surface area contributed by atoms with Crippen LogP contribution >= 0.6 is 15.9 Å². The van der Waals surface area contributed by atoms with Gasteiger partial charge in [0.05, 0.1) is 15.7 Å². The van der Waals surface area contributed by atoms with E-state index in [9.17, 15) is 4.79 Å². The number of halogens is 1. The highest BCUT2D eigenvalue weighted by Crippen LogP contribution is 2.20. The molecule has 0 saturated heterocycles. The van der Waals surface area contributed by atoms with Crippen molar-refractivity contribution in [1.29, 1.82) is 0 Å². The van der Waals surface area contributed by atoms with Crippen molar-refractivity contribution < 1.29 is 4.79 Å². The second-order valence-electron chi connectivity index (χ2n) is 3.50. The molecule has 0 aliphatic heterocycles. The van der Waals surface area contributed by atoms with Crippen molar-refractivity contribution >= 4 is 27.5 Å². The van der Waals surface area contributed by atoms with Crippen LogP contribution in [-0.4, -0.2) is 15.9 Å². The number of rotatable bonds is 2. The lowest BCUT2D eigenvalue weighted by Gasteiger charge is -2.06. The van der Waals surface area contributed by atoms with Gasteiger partial charge in [0.1, 0.15) is 0 Å². The van der Waals surface area contributed by atoms with Gasteiger partial charge in [-0.05, 0) is 41.1 Å². The number of nitrogens with zero attached hydrogens (tertiary/aromatic N) is 2. The summed E-state index contributed by atoms with van der Waals surface area (Å²) in [7, 11) is 0. The zero-order chi connectivity index (χ0) is 12.3. The molecule has 0 fully saturated rings. The monoisotopic (exact) mass is 291 g/mol. The molecule has 1 N–H and O–H groups in total. The number of hydrogen-bond acceptors (Lipinski definition) is 3. The van der Waals surface area contributed by atoms with Crippen LogP contribution in [-0.2, 0) is 0 Å². The molecule has 2 aromatic rings. The molecule has 0 aromatic carbocycles. The van der Waals surface area contributed by atoms with Gasteiger partial charge in [-0.25, -0.2) is 0 Å². The van der Waals surface area contributed by atoms with E-state index < -0.39 is 0 Å². The van der Waals surface area contributed by atoms with Crippen LogP contribution in [0.4, 0.5) is 5.69 Å². The van der Waals surface area contributed by atoms with Gasteiger partial charge in [-0.1, -0.05) is 0 Å². The molecule has 0 aliphatic rings. The van der Waals surface area contributed by atoms with E-state index in [1.54, 1.807) is 36.8 Å². The zero-order valence-corrected chi connectivity index (χ0v) is 10.7. The third-order valence-electron chi connectivity index (χ3n) is 2.19.